The molecule has 3 heterocycles. The van der Waals surface area contributed by atoms with E-state index in [0.29, 0.717) is 0 Å². The Labute approximate surface area is 193 Å². The van der Waals surface area contributed by atoms with E-state index in [0.717, 1.165) is 0 Å². The fraction of sp³-hybridized carbons (Fsp3) is 0. The molecule has 0 fully saturated rings. The van der Waals surface area contributed by atoms with Gasteiger partial charge in [0.05, 0.1) is 0 Å². The maximum absolute atomic E-state index is 9.38. The third-order valence-corrected chi connectivity index (χ3v) is 4.65. The molecule has 0 radical (unpaired) electrons. The molecule has 3 rings (SSSR count). The van der Waals surface area contributed by atoms with E-state index in [9.17, 15) is 23.5 Å². The molecule has 0 saturated carbocycles. The third-order valence-electron chi connectivity index (χ3n) is 1.99. The number of rotatable bonds is 2. The van der Waals surface area contributed by atoms with Crippen molar-refractivity contribution in [1.29, 1.82) is 0 Å². The number of H-pyrrole nitrogens is 3. The summed E-state index contributed by atoms with van der Waals surface area (Å²) in [4.78, 5) is 8.68. The van der Waals surface area contributed by atoms with Gasteiger partial charge in [-0.05, 0) is 0 Å². The summed E-state index contributed by atoms with van der Waals surface area (Å²) >= 11 is -17.2. The van der Waals surface area contributed by atoms with Crippen LogP contribution in [0, 0.1) is 0 Å². The van der Waals surface area contributed by atoms with Gasteiger partial charge in [0.1, 0.15) is 0 Å². The van der Waals surface area contributed by atoms with Gasteiger partial charge in [-0.3, -0.25) is 0 Å². The molecule has 17 heteroatoms. The summed E-state index contributed by atoms with van der Waals surface area (Å²) in [6.45, 7) is 0. The van der Waals surface area contributed by atoms with E-state index in [1.165, 1.54) is 0 Å². The number of halogens is 1. The molecule has 0 saturated heterocycles. The van der Waals surface area contributed by atoms with Crippen LogP contribution in [0.5, 0.6) is 0 Å². The molecule has 0 spiro atoms. The Balaban J connectivity index is 0. The molecule has 3 aromatic heterocycles. The van der Waals surface area contributed by atoms with Crippen LogP contribution < -0.4 is 27.4 Å². The second kappa shape index (κ2) is 18.5. The van der Waals surface area contributed by atoms with Gasteiger partial charge < -0.3 is 0 Å². The van der Waals surface area contributed by atoms with E-state index in [4.69, 9.17) is 11.8 Å². The van der Waals surface area contributed by atoms with Gasteiger partial charge in [0.2, 0.25) is 0 Å². The molecule has 0 aromatic carbocycles. The molecule has 0 aliphatic rings. The number of hydrogen-bond donors (Lipinski definition) is 0. The molecular formula is C15H18ClCr3N3O10. The quantitative estimate of drug-likeness (QED) is 0.313. The van der Waals surface area contributed by atoms with Crippen molar-refractivity contribution in [3.8, 4) is 0 Å². The Bertz CT molecular complexity index is 928. The zero-order valence-corrected chi connectivity index (χ0v) is 20.4. The summed E-state index contributed by atoms with van der Waals surface area (Å²) in [7, 11) is 4.02. The van der Waals surface area contributed by atoms with E-state index in [1.54, 1.807) is 0 Å². The number of pyridine rings is 3. The van der Waals surface area contributed by atoms with Gasteiger partial charge in [-0.15, -0.1) is 0 Å². The molecule has 0 unspecified atom stereocenters. The minimum atomic E-state index is -6.07. The fourth-order valence-electron chi connectivity index (χ4n) is 1.13. The summed E-state index contributed by atoms with van der Waals surface area (Å²) in [6, 6.07) is 17.6. The smallest absolute Gasteiger partial charge is 0.166 e. The van der Waals surface area contributed by atoms with Crippen LogP contribution in [-0.2, 0) is 65.2 Å². The first-order chi connectivity index (χ1) is 14.7. The molecule has 3 N–H and O–H groups in total. The molecule has 0 atom stereocenters. The average molecular weight is 592 g/mol. The topological polar surface area (TPSA) is 223 Å². The van der Waals surface area contributed by atoms with Crippen molar-refractivity contribution in [3.63, 3.8) is 0 Å². The number of hydrogen-bond acceptors (Lipinski definition) is 10. The Hall–Kier alpha value is -2.02. The first-order valence-electron chi connectivity index (χ1n) is 7.72. The minimum Gasteiger partial charge on any atom is -0.218 e. The van der Waals surface area contributed by atoms with Crippen molar-refractivity contribution in [2.45, 2.75) is 0 Å². The summed E-state index contributed by atoms with van der Waals surface area (Å²) in [5, 5.41) is 0. The van der Waals surface area contributed by atoms with Crippen molar-refractivity contribution >= 4 is 10.0 Å². The molecule has 178 valence electrons. The zero-order valence-electron chi connectivity index (χ0n) is 15.8. The zero-order chi connectivity index (χ0) is 24.9. The minimum absolute atomic E-state index is 1.88. The first kappa shape index (κ1) is 32.2. The van der Waals surface area contributed by atoms with E-state index >= 15 is 0 Å². The third kappa shape index (κ3) is 42.2. The molecule has 0 amide bonds. The second-order valence-corrected chi connectivity index (χ2v) is 10.9. The second-order valence-electron chi connectivity index (χ2n) is 4.51. The Morgan fingerprint density at radius 1 is 0.500 bits per heavy atom. The van der Waals surface area contributed by atoms with Crippen LogP contribution >= 0.6 is 10.0 Å². The van der Waals surface area contributed by atoms with Crippen molar-refractivity contribution in [3.05, 3.63) is 91.8 Å². The summed E-state index contributed by atoms with van der Waals surface area (Å²) in [6.07, 6.45) is 11.2. The normalized spacial score (nSPS) is 10.1. The van der Waals surface area contributed by atoms with E-state index in [1.807, 2.05) is 91.8 Å². The largest absolute Gasteiger partial charge is 0.218 e. The van der Waals surface area contributed by atoms with Crippen LogP contribution in [0.4, 0.5) is 0 Å². The van der Waals surface area contributed by atoms with Gasteiger partial charge in [0, 0.05) is 36.4 Å². The van der Waals surface area contributed by atoms with Gasteiger partial charge >= 0.3 is 87.8 Å². The van der Waals surface area contributed by atoms with Crippen LogP contribution in [0.1, 0.15) is 0 Å². The molecule has 13 nitrogen and oxygen atoms in total. The maximum Gasteiger partial charge on any atom is 0.166 e. The Morgan fingerprint density at radius 3 is 0.719 bits per heavy atom. The maximum atomic E-state index is 9.38. The van der Waals surface area contributed by atoms with Gasteiger partial charge in [-0.1, -0.05) is 18.2 Å². The summed E-state index contributed by atoms with van der Waals surface area (Å²) in [5.41, 5.74) is 0. The number of aromatic nitrogens is 3. The van der Waals surface area contributed by atoms with Crippen LogP contribution in [-0.4, -0.2) is 0 Å². The Morgan fingerprint density at radius 2 is 0.688 bits per heavy atom. The van der Waals surface area contributed by atoms with E-state index in [2.05, 4.69) is 27.8 Å². The predicted molar refractivity (Wildman–Crippen MR) is 80.1 cm³/mol. The van der Waals surface area contributed by atoms with Crippen LogP contribution in [0.3, 0.4) is 0 Å². The van der Waals surface area contributed by atoms with Crippen molar-refractivity contribution < 1.29 is 92.7 Å². The molecular weight excluding hydrogens is 574 g/mol. The molecule has 3 aromatic rings. The predicted octanol–water partition coefficient (Wildman–Crippen LogP) is -2.16. The summed E-state index contributed by atoms with van der Waals surface area (Å²) in [5.74, 6) is 0. The molecule has 0 aliphatic heterocycles. The molecule has 32 heavy (non-hydrogen) atoms. The average Bonchev–Trinajstić information content (AvgIpc) is 2.69. The monoisotopic (exact) mass is 591 g/mol. The molecule has 0 aliphatic carbocycles. The van der Waals surface area contributed by atoms with Gasteiger partial charge in [0.25, 0.3) is 0 Å². The summed E-state index contributed by atoms with van der Waals surface area (Å²) < 4.78 is 85.6. The number of aromatic amines is 3. The van der Waals surface area contributed by atoms with Crippen molar-refractivity contribution in [2.75, 3.05) is 0 Å². The number of nitrogens with one attached hydrogen (secondary N) is 3. The van der Waals surface area contributed by atoms with Crippen LogP contribution in [0.25, 0.3) is 0 Å². The van der Waals surface area contributed by atoms with Gasteiger partial charge in [-0.2, -0.15) is 0 Å². The SMILES string of the molecule is [O]=[Cr](=[O])([O-])[Cl].[O]=[Cr](=[O])([O-])[O][Cr](=[O])(=[O])[O-].c1cc[nH+]cc1.c1cc[nH+]cc1.c1cc[nH+]cc1. The first-order valence-corrected chi connectivity index (χ1v) is 15.2. The van der Waals surface area contributed by atoms with E-state index in [-0.39, 0.29) is 0 Å². The van der Waals surface area contributed by atoms with Gasteiger partial charge in [0.15, 0.2) is 37.2 Å². The Kier molecular flexibility index (Phi) is 18.6. The van der Waals surface area contributed by atoms with Crippen molar-refractivity contribution in [1.82, 2.24) is 0 Å². The van der Waals surface area contributed by atoms with Crippen LogP contribution in [0.2, 0.25) is 0 Å². The molecule has 0 bridgehead atoms. The van der Waals surface area contributed by atoms with Crippen molar-refractivity contribution in [2.24, 2.45) is 0 Å². The fourth-order valence-corrected chi connectivity index (χ4v) is 2.76. The standard InChI is InChI=1S/3C5H5N.ClH.3Cr.10O/c3*1-2-4-6-5-3-1;;;;;;;;;;;;;;/h3*1-5H;1H;;;;;;;;;;;;;/q;;;;;;+1;;;;;;;;3*-1/p+2. The van der Waals surface area contributed by atoms with Gasteiger partial charge in [-0.25, -0.2) is 15.0 Å². The van der Waals surface area contributed by atoms with Crippen LogP contribution in [0.15, 0.2) is 91.8 Å². The van der Waals surface area contributed by atoms with E-state index < -0.39 is 39.6 Å².